The van der Waals surface area contributed by atoms with Crippen molar-refractivity contribution in [1.82, 2.24) is 0 Å². The molecule has 0 bridgehead atoms. The molecule has 0 fully saturated rings. The zero-order valence-corrected chi connectivity index (χ0v) is 34.8. The van der Waals surface area contributed by atoms with Crippen LogP contribution in [0, 0.1) is 12.5 Å². The van der Waals surface area contributed by atoms with Crippen molar-refractivity contribution in [2.45, 2.75) is 143 Å². The minimum Gasteiger partial charge on any atom is -1.00 e. The van der Waals surface area contributed by atoms with E-state index in [4.69, 9.17) is 0 Å². The fourth-order valence-electron chi connectivity index (χ4n) is 7.05. The molecule has 240 valence electrons. The van der Waals surface area contributed by atoms with Crippen molar-refractivity contribution in [3.63, 3.8) is 0 Å². The largest absolute Gasteiger partial charge is 1.00 e. The fraction of sp³-hybridized carbons (Fsp3) is 0.550. The summed E-state index contributed by atoms with van der Waals surface area (Å²) >= 11 is 1.55. The quantitative estimate of drug-likeness (QED) is 0.243. The first-order valence-electron chi connectivity index (χ1n) is 16.2. The van der Waals surface area contributed by atoms with Crippen LogP contribution in [0.5, 0.6) is 0 Å². The van der Waals surface area contributed by atoms with Gasteiger partial charge in [-0.2, -0.15) is 12.5 Å². The summed E-state index contributed by atoms with van der Waals surface area (Å²) < 4.78 is 1.51. The molecule has 0 N–H and O–H groups in total. The van der Waals surface area contributed by atoms with Crippen molar-refractivity contribution >= 4 is 11.3 Å². The molecule has 4 aliphatic rings. The van der Waals surface area contributed by atoms with Gasteiger partial charge in [0.15, 0.2) is 0 Å². The Morgan fingerprint density at radius 3 is 1.57 bits per heavy atom. The average molecular weight is 727 g/mol. The molecular formula is C40H56Cl2SiZr-2. The maximum atomic E-state index is 3.20. The molecule has 2 aromatic rings. The van der Waals surface area contributed by atoms with Gasteiger partial charge < -0.3 is 31.2 Å². The van der Waals surface area contributed by atoms with E-state index in [-0.39, 0.29) is 46.5 Å². The van der Waals surface area contributed by atoms with E-state index < -0.39 is 8.07 Å². The van der Waals surface area contributed by atoms with E-state index in [2.05, 4.69) is 138 Å². The zero-order valence-electron chi connectivity index (χ0n) is 29.8. The molecule has 0 saturated heterocycles. The van der Waals surface area contributed by atoms with Crippen LogP contribution in [0.25, 0.3) is 11.1 Å². The SMILES string of the molecule is CC1(C)[CH-]CC(C)(C)c2cc3c(cc21)Cc1cc2c(cc1-3)C(C)(C)CCC2(C)C.C[C](C)=[Zr+2].C[Si](C)(C)C1=CC[C-]=C1.[Cl-].[Cl-]. The van der Waals surface area contributed by atoms with Gasteiger partial charge in [0.1, 0.15) is 0 Å². The normalized spacial score (nSPS) is 20.4. The second-order valence-electron chi connectivity index (χ2n) is 17.0. The summed E-state index contributed by atoms with van der Waals surface area (Å²) in [5, 5.41) is 1.56. The van der Waals surface area contributed by atoms with Crippen LogP contribution in [0.15, 0.2) is 41.6 Å². The smallest absolute Gasteiger partial charge is 0.0114 e. The summed E-state index contributed by atoms with van der Waals surface area (Å²) in [6.45, 7) is 30.7. The maximum Gasteiger partial charge on any atom is -0.0114 e. The molecule has 2 aromatic carbocycles. The summed E-state index contributed by atoms with van der Waals surface area (Å²) in [7, 11) is -0.981. The minimum atomic E-state index is -0.981. The van der Waals surface area contributed by atoms with E-state index in [1.54, 1.807) is 57.2 Å². The molecule has 0 unspecified atom stereocenters. The summed E-state index contributed by atoms with van der Waals surface area (Å²) in [6, 6.07) is 10.3. The molecule has 4 heteroatoms. The van der Waals surface area contributed by atoms with Crippen LogP contribution in [-0.4, -0.2) is 11.3 Å². The first-order valence-corrected chi connectivity index (χ1v) is 20.9. The van der Waals surface area contributed by atoms with Crippen LogP contribution in [-0.2, 0) is 52.3 Å². The van der Waals surface area contributed by atoms with E-state index in [9.17, 15) is 0 Å². The predicted octanol–water partition coefficient (Wildman–Crippen LogP) is 5.08. The van der Waals surface area contributed by atoms with Gasteiger partial charge in [-0.15, -0.1) is 11.8 Å². The third-order valence-electron chi connectivity index (χ3n) is 10.1. The molecule has 0 atom stereocenters. The van der Waals surface area contributed by atoms with Gasteiger partial charge >= 0.3 is 41.3 Å². The number of halogens is 2. The van der Waals surface area contributed by atoms with Gasteiger partial charge in [-0.1, -0.05) is 105 Å². The van der Waals surface area contributed by atoms with Crippen LogP contribution in [0.1, 0.15) is 128 Å². The van der Waals surface area contributed by atoms with Crippen LogP contribution in [0.3, 0.4) is 0 Å². The van der Waals surface area contributed by atoms with Crippen molar-refractivity contribution in [2.75, 3.05) is 0 Å². The Hall–Kier alpha value is -0.530. The molecule has 4 aliphatic carbocycles. The van der Waals surface area contributed by atoms with Crippen molar-refractivity contribution in [3.8, 4) is 11.1 Å². The van der Waals surface area contributed by atoms with Crippen molar-refractivity contribution < 1.29 is 49.0 Å². The van der Waals surface area contributed by atoms with Gasteiger partial charge in [-0.3, -0.25) is 6.08 Å². The number of hydrogen-bond acceptors (Lipinski definition) is 0. The van der Waals surface area contributed by atoms with E-state index in [0.717, 1.165) is 19.3 Å². The molecule has 0 amide bonds. The molecule has 44 heavy (non-hydrogen) atoms. The van der Waals surface area contributed by atoms with Gasteiger partial charge in [-0.05, 0) is 82.5 Å². The number of rotatable bonds is 1. The van der Waals surface area contributed by atoms with Gasteiger partial charge in [0.2, 0.25) is 0 Å². The van der Waals surface area contributed by atoms with E-state index in [0.29, 0.717) is 0 Å². The molecule has 0 nitrogen and oxygen atoms in total. The molecule has 0 heterocycles. The van der Waals surface area contributed by atoms with Crippen molar-refractivity contribution in [3.05, 3.63) is 87.5 Å². The number of fused-ring (bicyclic) bond motifs is 5. The number of hydrogen-bond donors (Lipinski definition) is 0. The van der Waals surface area contributed by atoms with Gasteiger partial charge in [0, 0.05) is 0 Å². The first kappa shape index (κ1) is 39.6. The molecule has 6 rings (SSSR count). The van der Waals surface area contributed by atoms with Gasteiger partial charge in [0.05, 0.1) is 0 Å². The monoisotopic (exact) mass is 724 g/mol. The topological polar surface area (TPSA) is 0 Å². The van der Waals surface area contributed by atoms with E-state index >= 15 is 0 Å². The molecule has 0 radical (unpaired) electrons. The van der Waals surface area contributed by atoms with Gasteiger partial charge in [0.25, 0.3) is 0 Å². The van der Waals surface area contributed by atoms with Crippen LogP contribution in [0.2, 0.25) is 19.6 Å². The first-order chi connectivity index (χ1) is 19.2. The Morgan fingerprint density at radius 1 is 0.727 bits per heavy atom. The average Bonchev–Trinajstić information content (AvgIpc) is 3.52. The Kier molecular flexibility index (Phi) is 12.5. The van der Waals surface area contributed by atoms with Crippen molar-refractivity contribution in [2.24, 2.45) is 0 Å². The molecule has 0 saturated carbocycles. The number of benzene rings is 2. The fourth-order valence-corrected chi connectivity index (χ4v) is 8.29. The molecule has 0 spiro atoms. The Labute approximate surface area is 299 Å². The molecule has 0 aromatic heterocycles. The summed E-state index contributed by atoms with van der Waals surface area (Å²) in [4.78, 5) is 0. The Balaban J connectivity index is 0.000000380. The third-order valence-corrected chi connectivity index (χ3v) is 12.2. The Bertz CT molecular complexity index is 1360. The Morgan fingerprint density at radius 2 is 1.16 bits per heavy atom. The second-order valence-corrected chi connectivity index (χ2v) is 24.6. The zero-order chi connectivity index (χ0) is 31.5. The predicted molar refractivity (Wildman–Crippen MR) is 185 cm³/mol. The maximum absolute atomic E-state index is 3.20. The van der Waals surface area contributed by atoms with Crippen molar-refractivity contribution in [1.29, 1.82) is 0 Å². The third kappa shape index (κ3) is 8.30. The summed E-state index contributed by atoms with van der Waals surface area (Å²) in [5.74, 6) is 0. The van der Waals surface area contributed by atoms with Gasteiger partial charge in [-0.25, -0.2) is 11.3 Å². The molecule has 0 aliphatic heterocycles. The summed E-state index contributed by atoms with van der Waals surface area (Å²) in [6.07, 6.45) is 16.0. The van der Waals surface area contributed by atoms with Crippen LogP contribution in [0.4, 0.5) is 0 Å². The summed E-state index contributed by atoms with van der Waals surface area (Å²) in [5.41, 5.74) is 13.3. The van der Waals surface area contributed by atoms with E-state index in [1.165, 1.54) is 32.7 Å². The van der Waals surface area contributed by atoms with Crippen LogP contribution < -0.4 is 24.8 Å². The van der Waals surface area contributed by atoms with Crippen LogP contribution >= 0.6 is 0 Å². The second kappa shape index (κ2) is 13.9. The molecular weight excluding hydrogens is 671 g/mol. The van der Waals surface area contributed by atoms with E-state index in [1.807, 2.05) is 0 Å². The minimum absolute atomic E-state index is 0. The number of allylic oxidation sites excluding steroid dienone is 4. The standard InChI is InChI=1S/C29H37.C8H13Si.C3H6.2ClH.Zr/c1-26(2)9-11-28(5,6)24-16-20-18(14-22(24)26)13-19-15-23-25(17-21(19)20)29(7,8)12-10-27(23,3)4;1-9(2,3)8-6-4-5-7-8;1-3-2;;;/h9,14-17H,10-13H2,1-8H3;6-7H,4H2,1-3H3;1-2H3;2*1H;/q2*-1;;;;+2/p-2.